The van der Waals surface area contributed by atoms with Gasteiger partial charge in [-0.05, 0) is 51.3 Å². The average Bonchev–Trinajstić information content (AvgIpc) is 2.63. The first-order chi connectivity index (χ1) is 9.50. The van der Waals surface area contributed by atoms with E-state index in [1.807, 2.05) is 20.2 Å². The number of hydrogen-bond donors (Lipinski definition) is 1. The summed E-state index contributed by atoms with van der Waals surface area (Å²) in [6, 6.07) is 6.20. The Bertz CT molecular complexity index is 649. The normalized spacial score (nSPS) is 10.6. The Morgan fingerprint density at radius 3 is 2.36 bits per heavy atom. The van der Waals surface area contributed by atoms with Crippen molar-refractivity contribution in [2.24, 2.45) is 14.1 Å². The lowest BCUT2D eigenvalue weighted by Gasteiger charge is -2.10. The lowest BCUT2D eigenvalue weighted by atomic mass is 10.2. The molecule has 0 bridgehead atoms. The van der Waals surface area contributed by atoms with Crippen molar-refractivity contribution in [3.63, 3.8) is 0 Å². The van der Waals surface area contributed by atoms with Crippen molar-refractivity contribution >= 4 is 11.0 Å². The van der Waals surface area contributed by atoms with Crippen LogP contribution in [0.3, 0.4) is 0 Å². The van der Waals surface area contributed by atoms with E-state index in [4.69, 9.17) is 0 Å². The fraction of sp³-hybridized carbons (Fsp3) is 0.533. The van der Waals surface area contributed by atoms with Crippen molar-refractivity contribution in [3.05, 3.63) is 34.2 Å². The molecule has 0 saturated heterocycles. The molecule has 0 amide bonds. The number of halogens is 2. The topological polar surface area (TPSA) is 42.2 Å². The van der Waals surface area contributed by atoms with E-state index in [0.717, 1.165) is 37.1 Å². The smallest absolute Gasteiger partial charge is 0.328 e. The summed E-state index contributed by atoms with van der Waals surface area (Å²) in [6.07, 6.45) is 1.14. The largest absolute Gasteiger partial charge is 1.00 e. The molecular weight excluding hydrogens is 323 g/mol. The lowest BCUT2D eigenvalue weighted by molar-refractivity contribution is -0.001000. The summed E-state index contributed by atoms with van der Waals surface area (Å²) in [5, 5.41) is 3.44. The summed E-state index contributed by atoms with van der Waals surface area (Å²) in [5.74, 6) is 0. The van der Waals surface area contributed by atoms with E-state index in [9.17, 15) is 4.79 Å². The van der Waals surface area contributed by atoms with Crippen LogP contribution in [-0.4, -0.2) is 41.2 Å². The molecule has 126 valence electrons. The standard InChI is InChI=1S/C15H24N4O.2ClH/c1-17(2)9-5-8-16-11-12-6-7-13-14(10-12)19(4)15(20)18(13)3;;/h6-7,10,16H,5,8-9,11H2,1-4H3;2*1H/p-2. The fourth-order valence-electron chi connectivity index (χ4n) is 2.42. The second kappa shape index (κ2) is 9.20. The molecule has 0 atom stereocenters. The maximum atomic E-state index is 11.9. The first-order valence-corrected chi connectivity index (χ1v) is 7.00. The molecule has 0 radical (unpaired) electrons. The number of aromatic nitrogens is 2. The van der Waals surface area contributed by atoms with Gasteiger partial charge < -0.3 is 35.0 Å². The van der Waals surface area contributed by atoms with Gasteiger partial charge in [-0.1, -0.05) is 6.07 Å². The van der Waals surface area contributed by atoms with Crippen molar-refractivity contribution < 1.29 is 24.8 Å². The molecule has 1 aromatic heterocycles. The summed E-state index contributed by atoms with van der Waals surface area (Å²) >= 11 is 0. The quantitative estimate of drug-likeness (QED) is 0.532. The lowest BCUT2D eigenvalue weighted by Crippen LogP contribution is -3.00. The highest BCUT2D eigenvalue weighted by Crippen LogP contribution is 2.13. The SMILES string of the molecule is CN(C)CCCNCc1ccc2c(c1)n(C)c(=O)n2C.[Cl-].[Cl-]. The van der Waals surface area contributed by atoms with Crippen LogP contribution in [0, 0.1) is 0 Å². The maximum absolute atomic E-state index is 11.9. The van der Waals surface area contributed by atoms with Gasteiger partial charge >= 0.3 is 5.69 Å². The highest BCUT2D eigenvalue weighted by atomic mass is 35.5. The predicted molar refractivity (Wildman–Crippen MR) is 83.0 cm³/mol. The molecule has 22 heavy (non-hydrogen) atoms. The number of aryl methyl sites for hydroxylation is 2. The Kier molecular flexibility index (Phi) is 8.78. The third kappa shape index (κ3) is 4.74. The van der Waals surface area contributed by atoms with E-state index in [1.54, 1.807) is 9.13 Å². The van der Waals surface area contributed by atoms with Crippen LogP contribution in [0.4, 0.5) is 0 Å². The first kappa shape index (κ1) is 21.0. The molecule has 1 heterocycles. The van der Waals surface area contributed by atoms with Crippen LogP contribution >= 0.6 is 0 Å². The monoisotopic (exact) mass is 346 g/mol. The van der Waals surface area contributed by atoms with E-state index < -0.39 is 0 Å². The van der Waals surface area contributed by atoms with E-state index in [2.05, 4.69) is 36.4 Å². The van der Waals surface area contributed by atoms with Crippen LogP contribution in [0.1, 0.15) is 12.0 Å². The molecule has 0 aliphatic rings. The summed E-state index contributed by atoms with van der Waals surface area (Å²) in [7, 11) is 7.80. The molecule has 0 aliphatic carbocycles. The number of rotatable bonds is 6. The number of hydrogen-bond acceptors (Lipinski definition) is 3. The molecule has 0 unspecified atom stereocenters. The van der Waals surface area contributed by atoms with Gasteiger partial charge in [0.25, 0.3) is 0 Å². The third-order valence-corrected chi connectivity index (χ3v) is 3.62. The number of benzene rings is 1. The molecule has 2 aromatic rings. The van der Waals surface area contributed by atoms with Crippen molar-refractivity contribution in [2.75, 3.05) is 27.2 Å². The van der Waals surface area contributed by atoms with Gasteiger partial charge in [0.15, 0.2) is 0 Å². The first-order valence-electron chi connectivity index (χ1n) is 7.00. The zero-order valence-corrected chi connectivity index (χ0v) is 15.1. The Balaban J connectivity index is 0.00000220. The number of imidazole rings is 1. The predicted octanol–water partition coefficient (Wildman–Crippen LogP) is -5.07. The molecular formula is C15H24Cl2N4O-2. The van der Waals surface area contributed by atoms with Gasteiger partial charge in [0.1, 0.15) is 0 Å². The fourth-order valence-corrected chi connectivity index (χ4v) is 2.42. The zero-order valence-electron chi connectivity index (χ0n) is 13.6. The van der Waals surface area contributed by atoms with Crippen molar-refractivity contribution in [3.8, 4) is 0 Å². The third-order valence-electron chi connectivity index (χ3n) is 3.62. The van der Waals surface area contributed by atoms with Gasteiger partial charge in [0.05, 0.1) is 11.0 Å². The van der Waals surface area contributed by atoms with Crippen LogP contribution < -0.4 is 35.8 Å². The van der Waals surface area contributed by atoms with E-state index in [-0.39, 0.29) is 30.5 Å². The van der Waals surface area contributed by atoms with Crippen LogP contribution in [0.15, 0.2) is 23.0 Å². The molecule has 0 saturated carbocycles. The summed E-state index contributed by atoms with van der Waals surface area (Å²) in [6.45, 7) is 2.94. The molecule has 1 aromatic carbocycles. The van der Waals surface area contributed by atoms with E-state index in [1.165, 1.54) is 5.56 Å². The van der Waals surface area contributed by atoms with Crippen molar-refractivity contribution in [1.29, 1.82) is 0 Å². The highest BCUT2D eigenvalue weighted by molar-refractivity contribution is 5.76. The van der Waals surface area contributed by atoms with Gasteiger partial charge in [-0.15, -0.1) is 0 Å². The van der Waals surface area contributed by atoms with E-state index >= 15 is 0 Å². The number of fused-ring (bicyclic) bond motifs is 1. The van der Waals surface area contributed by atoms with Gasteiger partial charge in [0, 0.05) is 20.6 Å². The second-order valence-electron chi connectivity index (χ2n) is 5.56. The minimum Gasteiger partial charge on any atom is -1.00 e. The molecule has 1 N–H and O–H groups in total. The van der Waals surface area contributed by atoms with Crippen molar-refractivity contribution in [1.82, 2.24) is 19.4 Å². The second-order valence-corrected chi connectivity index (χ2v) is 5.56. The van der Waals surface area contributed by atoms with Gasteiger partial charge in [-0.3, -0.25) is 9.13 Å². The molecule has 2 rings (SSSR count). The summed E-state index contributed by atoms with van der Waals surface area (Å²) < 4.78 is 3.38. The Hall–Kier alpha value is -1.01. The minimum absolute atomic E-state index is 0. The Morgan fingerprint density at radius 2 is 1.73 bits per heavy atom. The van der Waals surface area contributed by atoms with E-state index in [0.29, 0.717) is 0 Å². The van der Waals surface area contributed by atoms with Crippen molar-refractivity contribution in [2.45, 2.75) is 13.0 Å². The minimum atomic E-state index is 0. The summed E-state index contributed by atoms with van der Waals surface area (Å²) in [4.78, 5) is 14.1. The molecule has 0 aliphatic heterocycles. The van der Waals surface area contributed by atoms with Crippen LogP contribution in [0.25, 0.3) is 11.0 Å². The van der Waals surface area contributed by atoms with Gasteiger partial charge in [-0.2, -0.15) is 0 Å². The molecule has 0 fully saturated rings. The van der Waals surface area contributed by atoms with Crippen LogP contribution in [0.5, 0.6) is 0 Å². The molecule has 7 heteroatoms. The summed E-state index contributed by atoms with van der Waals surface area (Å²) in [5.41, 5.74) is 3.21. The highest BCUT2D eigenvalue weighted by Gasteiger charge is 2.07. The van der Waals surface area contributed by atoms with Gasteiger partial charge in [-0.25, -0.2) is 4.79 Å². The zero-order chi connectivity index (χ0) is 14.7. The molecule has 0 spiro atoms. The van der Waals surface area contributed by atoms with Crippen LogP contribution in [-0.2, 0) is 20.6 Å². The Morgan fingerprint density at radius 1 is 1.09 bits per heavy atom. The van der Waals surface area contributed by atoms with Crippen LogP contribution in [0.2, 0.25) is 0 Å². The molecule has 5 nitrogen and oxygen atoms in total. The number of nitrogens with zero attached hydrogens (tertiary/aromatic N) is 3. The maximum Gasteiger partial charge on any atom is 0.328 e. The Labute approximate surface area is 144 Å². The number of nitrogens with one attached hydrogen (secondary N) is 1. The van der Waals surface area contributed by atoms with Gasteiger partial charge in [0.2, 0.25) is 0 Å². The average molecular weight is 347 g/mol.